The van der Waals surface area contributed by atoms with Crippen LogP contribution in [0.3, 0.4) is 0 Å². The quantitative estimate of drug-likeness (QED) is 0.715. The van der Waals surface area contributed by atoms with Gasteiger partial charge in [-0.3, -0.25) is 4.79 Å². The van der Waals surface area contributed by atoms with Gasteiger partial charge in [0.15, 0.2) is 0 Å². The summed E-state index contributed by atoms with van der Waals surface area (Å²) in [4.78, 5) is 21.5. The standard InChI is InChI=1S/C12H20N4O3/c1-4-19-11(17)8-16(5-6-18-3)10-7-9(2)14-12(13)15-10/h7H,4-6,8H2,1-3H3,(H2,13,14,15). The van der Waals surface area contributed by atoms with E-state index in [2.05, 4.69) is 9.97 Å². The molecule has 1 aromatic heterocycles. The molecule has 0 fully saturated rings. The number of rotatable bonds is 7. The lowest BCUT2D eigenvalue weighted by molar-refractivity contribution is -0.141. The first kappa shape index (κ1) is 15.2. The van der Waals surface area contributed by atoms with E-state index in [1.807, 2.05) is 6.92 Å². The van der Waals surface area contributed by atoms with Crippen molar-refractivity contribution in [2.75, 3.05) is 44.0 Å². The number of methoxy groups -OCH3 is 1. The zero-order valence-corrected chi connectivity index (χ0v) is 11.5. The Labute approximate surface area is 112 Å². The van der Waals surface area contributed by atoms with E-state index in [1.165, 1.54) is 0 Å². The molecule has 0 saturated carbocycles. The molecule has 7 nitrogen and oxygen atoms in total. The number of aryl methyl sites for hydroxylation is 1. The van der Waals surface area contributed by atoms with E-state index in [0.717, 1.165) is 5.69 Å². The minimum atomic E-state index is -0.312. The second-order valence-electron chi connectivity index (χ2n) is 3.95. The summed E-state index contributed by atoms with van der Waals surface area (Å²) in [6.07, 6.45) is 0. The van der Waals surface area contributed by atoms with Crippen LogP contribution in [0.1, 0.15) is 12.6 Å². The molecule has 0 amide bonds. The normalized spacial score (nSPS) is 10.3. The molecule has 19 heavy (non-hydrogen) atoms. The van der Waals surface area contributed by atoms with E-state index in [9.17, 15) is 4.79 Å². The summed E-state index contributed by atoms with van der Waals surface area (Å²) in [7, 11) is 1.60. The molecule has 7 heteroatoms. The summed E-state index contributed by atoms with van der Waals surface area (Å²) in [6, 6.07) is 1.77. The van der Waals surface area contributed by atoms with Gasteiger partial charge in [0.05, 0.1) is 13.2 Å². The lowest BCUT2D eigenvalue weighted by Gasteiger charge is -2.22. The van der Waals surface area contributed by atoms with Crippen LogP contribution in [0.4, 0.5) is 11.8 Å². The Hall–Kier alpha value is -1.89. The van der Waals surface area contributed by atoms with Gasteiger partial charge in [-0.05, 0) is 13.8 Å². The summed E-state index contributed by atoms with van der Waals surface area (Å²) in [5.41, 5.74) is 6.36. The summed E-state index contributed by atoms with van der Waals surface area (Å²) in [6.45, 7) is 5.03. The van der Waals surface area contributed by atoms with Crippen LogP contribution in [0.25, 0.3) is 0 Å². The van der Waals surface area contributed by atoms with E-state index >= 15 is 0 Å². The number of esters is 1. The highest BCUT2D eigenvalue weighted by Crippen LogP contribution is 2.13. The first-order valence-corrected chi connectivity index (χ1v) is 6.07. The number of aromatic nitrogens is 2. The van der Waals surface area contributed by atoms with Crippen molar-refractivity contribution in [2.45, 2.75) is 13.8 Å². The fourth-order valence-electron chi connectivity index (χ4n) is 1.57. The van der Waals surface area contributed by atoms with Crippen LogP contribution in [-0.2, 0) is 14.3 Å². The van der Waals surface area contributed by atoms with Gasteiger partial charge >= 0.3 is 5.97 Å². The van der Waals surface area contributed by atoms with Gasteiger partial charge in [0.1, 0.15) is 12.4 Å². The lowest BCUT2D eigenvalue weighted by atomic mass is 10.3. The maximum Gasteiger partial charge on any atom is 0.325 e. The molecule has 0 radical (unpaired) electrons. The van der Waals surface area contributed by atoms with Gasteiger partial charge in [0.2, 0.25) is 5.95 Å². The molecule has 0 aliphatic heterocycles. The van der Waals surface area contributed by atoms with Crippen molar-refractivity contribution in [1.29, 1.82) is 0 Å². The van der Waals surface area contributed by atoms with Gasteiger partial charge < -0.3 is 20.1 Å². The zero-order chi connectivity index (χ0) is 14.3. The largest absolute Gasteiger partial charge is 0.465 e. The molecule has 1 aromatic rings. The van der Waals surface area contributed by atoms with Crippen LogP contribution < -0.4 is 10.6 Å². The number of nitrogens with two attached hydrogens (primary N) is 1. The van der Waals surface area contributed by atoms with E-state index in [1.54, 1.807) is 25.0 Å². The van der Waals surface area contributed by atoms with E-state index < -0.39 is 0 Å². The number of carbonyl (C=O) groups excluding carboxylic acids is 1. The molecule has 1 rings (SSSR count). The number of carbonyl (C=O) groups is 1. The molecular formula is C12H20N4O3. The van der Waals surface area contributed by atoms with Crippen LogP contribution in [-0.4, -0.2) is 49.4 Å². The second kappa shape index (κ2) is 7.52. The van der Waals surface area contributed by atoms with Crippen LogP contribution in [0.15, 0.2) is 6.07 Å². The highest BCUT2D eigenvalue weighted by atomic mass is 16.5. The van der Waals surface area contributed by atoms with Gasteiger partial charge in [-0.15, -0.1) is 0 Å². The van der Waals surface area contributed by atoms with Crippen LogP contribution in [0.5, 0.6) is 0 Å². The predicted octanol–water partition coefficient (Wildman–Crippen LogP) is 0.383. The molecule has 2 N–H and O–H groups in total. The number of nitrogen functional groups attached to an aromatic ring is 1. The fourth-order valence-corrected chi connectivity index (χ4v) is 1.57. The average molecular weight is 268 g/mol. The minimum absolute atomic E-state index is 0.104. The van der Waals surface area contributed by atoms with Crippen LogP contribution in [0.2, 0.25) is 0 Å². The Morgan fingerprint density at radius 3 is 2.79 bits per heavy atom. The number of ether oxygens (including phenoxy) is 2. The molecule has 0 spiro atoms. The van der Waals surface area contributed by atoms with Crippen molar-refractivity contribution in [2.24, 2.45) is 0 Å². The molecule has 0 aromatic carbocycles. The molecule has 0 atom stereocenters. The Balaban J connectivity index is 2.85. The number of hydrogen-bond acceptors (Lipinski definition) is 7. The Kier molecular flexibility index (Phi) is 6.01. The molecule has 106 valence electrons. The third-order valence-electron chi connectivity index (χ3n) is 2.37. The number of nitrogens with zero attached hydrogens (tertiary/aromatic N) is 3. The first-order valence-electron chi connectivity index (χ1n) is 6.07. The predicted molar refractivity (Wildman–Crippen MR) is 71.9 cm³/mol. The van der Waals surface area contributed by atoms with E-state index in [-0.39, 0.29) is 18.5 Å². The van der Waals surface area contributed by atoms with Crippen molar-refractivity contribution < 1.29 is 14.3 Å². The Morgan fingerprint density at radius 1 is 1.47 bits per heavy atom. The lowest BCUT2D eigenvalue weighted by Crippen LogP contribution is -2.34. The summed E-state index contributed by atoms with van der Waals surface area (Å²) >= 11 is 0. The van der Waals surface area contributed by atoms with Gasteiger partial charge in [-0.25, -0.2) is 4.98 Å². The van der Waals surface area contributed by atoms with Gasteiger partial charge in [-0.1, -0.05) is 0 Å². The topological polar surface area (TPSA) is 90.6 Å². The number of anilines is 2. The SMILES string of the molecule is CCOC(=O)CN(CCOC)c1cc(C)nc(N)n1. The zero-order valence-electron chi connectivity index (χ0n) is 11.5. The van der Waals surface area contributed by atoms with Crippen molar-refractivity contribution in [1.82, 2.24) is 9.97 Å². The summed E-state index contributed by atoms with van der Waals surface area (Å²) < 4.78 is 9.97. The summed E-state index contributed by atoms with van der Waals surface area (Å²) in [5, 5.41) is 0. The van der Waals surface area contributed by atoms with Crippen molar-refractivity contribution in [3.8, 4) is 0 Å². The molecule has 0 bridgehead atoms. The minimum Gasteiger partial charge on any atom is -0.465 e. The van der Waals surface area contributed by atoms with Crippen LogP contribution >= 0.6 is 0 Å². The monoisotopic (exact) mass is 268 g/mol. The maximum atomic E-state index is 11.6. The van der Waals surface area contributed by atoms with Crippen molar-refractivity contribution >= 4 is 17.7 Å². The van der Waals surface area contributed by atoms with Crippen molar-refractivity contribution in [3.05, 3.63) is 11.8 Å². The number of hydrogen-bond donors (Lipinski definition) is 1. The highest BCUT2D eigenvalue weighted by molar-refractivity contribution is 5.75. The smallest absolute Gasteiger partial charge is 0.325 e. The second-order valence-corrected chi connectivity index (χ2v) is 3.95. The average Bonchev–Trinajstić information content (AvgIpc) is 2.33. The molecular weight excluding hydrogens is 248 g/mol. The summed E-state index contributed by atoms with van der Waals surface area (Å²) in [5.74, 6) is 0.463. The van der Waals surface area contributed by atoms with Gasteiger partial charge in [0.25, 0.3) is 0 Å². The maximum absolute atomic E-state index is 11.6. The molecule has 1 heterocycles. The molecule has 0 saturated heterocycles. The third kappa shape index (κ3) is 5.09. The van der Waals surface area contributed by atoms with Gasteiger partial charge in [-0.2, -0.15) is 4.98 Å². The first-order chi connectivity index (χ1) is 9.06. The van der Waals surface area contributed by atoms with Crippen molar-refractivity contribution in [3.63, 3.8) is 0 Å². The van der Waals surface area contributed by atoms with E-state index in [4.69, 9.17) is 15.2 Å². The molecule has 0 aliphatic rings. The molecule has 0 aliphatic carbocycles. The van der Waals surface area contributed by atoms with Crippen LogP contribution in [0, 0.1) is 6.92 Å². The van der Waals surface area contributed by atoms with Gasteiger partial charge in [0, 0.05) is 25.4 Å². The highest BCUT2D eigenvalue weighted by Gasteiger charge is 2.14. The Morgan fingerprint density at radius 2 is 2.21 bits per heavy atom. The Bertz CT molecular complexity index is 405. The fraction of sp³-hybridized carbons (Fsp3) is 0.583. The third-order valence-corrected chi connectivity index (χ3v) is 2.37. The molecule has 0 unspecified atom stereocenters. The van der Waals surface area contributed by atoms with E-state index in [0.29, 0.717) is 25.6 Å².